The second-order valence-corrected chi connectivity index (χ2v) is 2.73. The minimum Gasteiger partial charge on any atom is -0.478 e. The number of hydrogen-bond donors (Lipinski definition) is 1. The molecule has 0 aromatic rings. The summed E-state index contributed by atoms with van der Waals surface area (Å²) < 4.78 is 5.27. The molecule has 1 unspecified atom stereocenters. The van der Waals surface area contributed by atoms with Gasteiger partial charge in [0.1, 0.15) is 0 Å². The predicted molar refractivity (Wildman–Crippen MR) is 44.9 cm³/mol. The highest BCUT2D eigenvalue weighted by Gasteiger charge is 2.09. The van der Waals surface area contributed by atoms with Crippen LogP contribution in [0.5, 0.6) is 0 Å². The fraction of sp³-hybridized carbons (Fsp3) is 0.444. The van der Waals surface area contributed by atoms with Gasteiger partial charge in [-0.05, 0) is 19.4 Å². The Morgan fingerprint density at radius 3 is 2.92 bits per heavy atom. The summed E-state index contributed by atoms with van der Waals surface area (Å²) in [6, 6.07) is 0. The third-order valence-electron chi connectivity index (χ3n) is 1.71. The first-order chi connectivity index (χ1) is 5.70. The van der Waals surface area contributed by atoms with E-state index < -0.39 is 5.97 Å². The standard InChI is InChI=1S/C9H12O3/c1-7(9(10)11)6-8-4-2-3-5-12-8/h2-3,6,8H,4-5H2,1H3,(H,10,11). The van der Waals surface area contributed by atoms with Crippen LogP contribution < -0.4 is 0 Å². The van der Waals surface area contributed by atoms with Crippen molar-refractivity contribution in [3.05, 3.63) is 23.8 Å². The summed E-state index contributed by atoms with van der Waals surface area (Å²) in [7, 11) is 0. The second kappa shape index (κ2) is 4.07. The molecule has 0 saturated heterocycles. The average Bonchev–Trinajstić information content (AvgIpc) is 2.06. The summed E-state index contributed by atoms with van der Waals surface area (Å²) in [5, 5.41) is 8.57. The molecule has 3 heteroatoms. The lowest BCUT2D eigenvalue weighted by Crippen LogP contribution is -2.14. The van der Waals surface area contributed by atoms with Crippen LogP contribution in [0.3, 0.4) is 0 Å². The van der Waals surface area contributed by atoms with Crippen LogP contribution in [0.2, 0.25) is 0 Å². The summed E-state index contributed by atoms with van der Waals surface area (Å²) in [6.45, 7) is 2.15. The van der Waals surface area contributed by atoms with E-state index in [-0.39, 0.29) is 6.10 Å². The summed E-state index contributed by atoms with van der Waals surface area (Å²) in [4.78, 5) is 10.4. The van der Waals surface area contributed by atoms with Gasteiger partial charge < -0.3 is 9.84 Å². The monoisotopic (exact) mass is 168 g/mol. The lowest BCUT2D eigenvalue weighted by atomic mass is 10.1. The van der Waals surface area contributed by atoms with E-state index in [1.54, 1.807) is 13.0 Å². The number of aliphatic carboxylic acids is 1. The summed E-state index contributed by atoms with van der Waals surface area (Å²) in [6.07, 6.45) is 6.28. The Balaban J connectivity index is 2.54. The first-order valence-corrected chi connectivity index (χ1v) is 3.88. The van der Waals surface area contributed by atoms with Crippen molar-refractivity contribution in [3.63, 3.8) is 0 Å². The maximum absolute atomic E-state index is 10.4. The molecular weight excluding hydrogens is 156 g/mol. The van der Waals surface area contributed by atoms with Crippen molar-refractivity contribution in [1.82, 2.24) is 0 Å². The molecule has 0 fully saturated rings. The Morgan fingerprint density at radius 2 is 2.42 bits per heavy atom. The number of ether oxygens (including phenoxy) is 1. The van der Waals surface area contributed by atoms with Crippen LogP contribution in [-0.2, 0) is 9.53 Å². The van der Waals surface area contributed by atoms with Gasteiger partial charge in [-0.15, -0.1) is 0 Å². The van der Waals surface area contributed by atoms with E-state index in [1.807, 2.05) is 12.2 Å². The molecule has 66 valence electrons. The molecule has 12 heavy (non-hydrogen) atoms. The van der Waals surface area contributed by atoms with Gasteiger partial charge in [0.05, 0.1) is 12.7 Å². The molecule has 0 aliphatic carbocycles. The Kier molecular flexibility index (Phi) is 3.05. The zero-order valence-corrected chi connectivity index (χ0v) is 6.99. The number of rotatable bonds is 2. The quantitative estimate of drug-likeness (QED) is 0.500. The highest BCUT2D eigenvalue weighted by molar-refractivity contribution is 5.85. The fourth-order valence-electron chi connectivity index (χ4n) is 1.01. The molecule has 3 nitrogen and oxygen atoms in total. The number of carboxylic acids is 1. The van der Waals surface area contributed by atoms with Crippen LogP contribution in [0.15, 0.2) is 23.8 Å². The first kappa shape index (κ1) is 9.00. The van der Waals surface area contributed by atoms with Crippen molar-refractivity contribution in [1.29, 1.82) is 0 Å². The van der Waals surface area contributed by atoms with E-state index >= 15 is 0 Å². The summed E-state index contributed by atoms with van der Waals surface area (Å²) in [5.41, 5.74) is 0.343. The minimum absolute atomic E-state index is 0.0638. The van der Waals surface area contributed by atoms with Gasteiger partial charge in [-0.1, -0.05) is 12.2 Å². The van der Waals surface area contributed by atoms with Gasteiger partial charge in [0.15, 0.2) is 0 Å². The molecule has 0 spiro atoms. The molecule has 0 bridgehead atoms. The minimum atomic E-state index is -0.881. The maximum atomic E-state index is 10.4. The second-order valence-electron chi connectivity index (χ2n) is 2.73. The first-order valence-electron chi connectivity index (χ1n) is 3.88. The third-order valence-corrected chi connectivity index (χ3v) is 1.71. The molecule has 1 rings (SSSR count). The molecule has 0 aromatic carbocycles. The smallest absolute Gasteiger partial charge is 0.331 e. The summed E-state index contributed by atoms with van der Waals surface area (Å²) >= 11 is 0. The Morgan fingerprint density at radius 1 is 1.67 bits per heavy atom. The van der Waals surface area contributed by atoms with Gasteiger partial charge in [-0.3, -0.25) is 0 Å². The normalized spacial score (nSPS) is 24.1. The molecule has 0 aromatic heterocycles. The SMILES string of the molecule is CC(=CC1CC=CCO1)C(=O)O. The topological polar surface area (TPSA) is 46.5 Å². The molecule has 1 atom stereocenters. The predicted octanol–water partition coefficient (Wildman–Crippen LogP) is 1.36. The molecule has 1 aliphatic rings. The maximum Gasteiger partial charge on any atom is 0.331 e. The van der Waals surface area contributed by atoms with Gasteiger partial charge in [0, 0.05) is 5.57 Å². The van der Waals surface area contributed by atoms with Gasteiger partial charge in [-0.25, -0.2) is 4.79 Å². The van der Waals surface area contributed by atoms with Crippen LogP contribution in [-0.4, -0.2) is 23.8 Å². The van der Waals surface area contributed by atoms with Gasteiger partial charge >= 0.3 is 5.97 Å². The van der Waals surface area contributed by atoms with Crippen LogP contribution in [0, 0.1) is 0 Å². The van der Waals surface area contributed by atoms with Crippen LogP contribution in [0.4, 0.5) is 0 Å². The zero-order valence-electron chi connectivity index (χ0n) is 6.99. The van der Waals surface area contributed by atoms with E-state index in [1.165, 1.54) is 0 Å². The van der Waals surface area contributed by atoms with E-state index in [0.29, 0.717) is 12.2 Å². The third kappa shape index (κ3) is 2.51. The highest BCUT2D eigenvalue weighted by Crippen LogP contribution is 2.09. The molecule has 0 saturated carbocycles. The summed E-state index contributed by atoms with van der Waals surface area (Å²) in [5.74, 6) is -0.881. The molecule has 1 aliphatic heterocycles. The van der Waals surface area contributed by atoms with Crippen LogP contribution in [0.1, 0.15) is 13.3 Å². The number of carboxylic acid groups (broad SMARTS) is 1. The van der Waals surface area contributed by atoms with Gasteiger partial charge in [0.2, 0.25) is 0 Å². The largest absolute Gasteiger partial charge is 0.478 e. The van der Waals surface area contributed by atoms with E-state index in [2.05, 4.69) is 0 Å². The van der Waals surface area contributed by atoms with Gasteiger partial charge in [-0.2, -0.15) is 0 Å². The van der Waals surface area contributed by atoms with Gasteiger partial charge in [0.25, 0.3) is 0 Å². The zero-order chi connectivity index (χ0) is 8.97. The molecular formula is C9H12O3. The van der Waals surface area contributed by atoms with Crippen molar-refractivity contribution in [3.8, 4) is 0 Å². The van der Waals surface area contributed by atoms with Crippen molar-refractivity contribution < 1.29 is 14.6 Å². The van der Waals surface area contributed by atoms with Crippen molar-refractivity contribution in [2.24, 2.45) is 0 Å². The average molecular weight is 168 g/mol. The number of carbonyl (C=O) groups is 1. The van der Waals surface area contributed by atoms with Crippen LogP contribution >= 0.6 is 0 Å². The van der Waals surface area contributed by atoms with E-state index in [4.69, 9.17) is 9.84 Å². The van der Waals surface area contributed by atoms with Crippen molar-refractivity contribution in [2.75, 3.05) is 6.61 Å². The molecule has 1 N–H and O–H groups in total. The molecule has 1 heterocycles. The highest BCUT2D eigenvalue weighted by atomic mass is 16.5. The molecule has 0 amide bonds. The van der Waals surface area contributed by atoms with Crippen molar-refractivity contribution >= 4 is 5.97 Å². The Bertz CT molecular complexity index is 228. The van der Waals surface area contributed by atoms with Crippen LogP contribution in [0.25, 0.3) is 0 Å². The Hall–Kier alpha value is -1.09. The number of hydrogen-bond acceptors (Lipinski definition) is 2. The van der Waals surface area contributed by atoms with E-state index in [9.17, 15) is 4.79 Å². The fourth-order valence-corrected chi connectivity index (χ4v) is 1.01. The lowest BCUT2D eigenvalue weighted by Gasteiger charge is -2.15. The van der Waals surface area contributed by atoms with E-state index in [0.717, 1.165) is 6.42 Å². The van der Waals surface area contributed by atoms with Crippen molar-refractivity contribution in [2.45, 2.75) is 19.4 Å². The Labute approximate surface area is 71.3 Å². The molecule has 0 radical (unpaired) electrons. The lowest BCUT2D eigenvalue weighted by molar-refractivity contribution is -0.132.